The van der Waals surface area contributed by atoms with Gasteiger partial charge in [-0.3, -0.25) is 24.0 Å². The zero-order chi connectivity index (χ0) is 51.6. The molecule has 1 heterocycles. The van der Waals surface area contributed by atoms with Crippen molar-refractivity contribution in [2.45, 2.75) is 117 Å². The van der Waals surface area contributed by atoms with E-state index in [4.69, 9.17) is 34.7 Å². The quantitative estimate of drug-likeness (QED) is 0.0158. The number of rotatable bonds is 28. The SMILES string of the molecule is CC(C(=O)O)C(=O)O.CCCCCOc1ccc(C=CC(=O)O)cc1.O=C(O)CCCCCCCCC(=O)CCCCCC(=O)O.O=C(O)c1c(-c2ccccc2)oc(-c2ccccc2)c1C(=O)O. The summed E-state index contributed by atoms with van der Waals surface area (Å²) < 4.78 is 11.2. The van der Waals surface area contributed by atoms with Crippen molar-refractivity contribution in [1.29, 1.82) is 0 Å². The fourth-order valence-electron chi connectivity index (χ4n) is 6.12. The van der Waals surface area contributed by atoms with Gasteiger partial charge in [-0.05, 0) is 62.8 Å². The summed E-state index contributed by atoms with van der Waals surface area (Å²) in [6.45, 7) is 4.01. The summed E-state index contributed by atoms with van der Waals surface area (Å²) in [4.78, 5) is 85.3. The molecule has 0 aliphatic carbocycles. The van der Waals surface area contributed by atoms with E-state index in [0.29, 0.717) is 30.4 Å². The van der Waals surface area contributed by atoms with Gasteiger partial charge in [0, 0.05) is 42.9 Å². The van der Waals surface area contributed by atoms with E-state index in [2.05, 4.69) is 6.92 Å². The molecule has 4 rings (SSSR count). The van der Waals surface area contributed by atoms with Crippen LogP contribution in [0.4, 0.5) is 0 Å². The molecule has 7 N–H and O–H groups in total. The Morgan fingerprint density at radius 1 is 0.522 bits per heavy atom. The number of carboxylic acids is 7. The maximum Gasteiger partial charge on any atom is 0.340 e. The molecule has 0 saturated carbocycles. The highest BCUT2D eigenvalue weighted by molar-refractivity contribution is 6.09. The van der Waals surface area contributed by atoms with E-state index >= 15 is 0 Å². The molecule has 0 atom stereocenters. The number of Topliss-reactive ketones (excluding diaryl/α,β-unsaturated/α-hetero) is 1. The molecule has 374 valence electrons. The predicted molar refractivity (Wildman–Crippen MR) is 256 cm³/mol. The molecule has 0 unspecified atom stereocenters. The Morgan fingerprint density at radius 3 is 1.29 bits per heavy atom. The van der Waals surface area contributed by atoms with Gasteiger partial charge in [0.2, 0.25) is 0 Å². The number of ether oxygens (including phenoxy) is 1. The number of unbranched alkanes of at least 4 members (excludes halogenated alkanes) is 9. The number of ketones is 1. The maximum absolute atomic E-state index is 11.6. The largest absolute Gasteiger partial charge is 0.494 e. The van der Waals surface area contributed by atoms with Gasteiger partial charge in [0.1, 0.15) is 34.2 Å². The van der Waals surface area contributed by atoms with Gasteiger partial charge in [-0.1, -0.05) is 125 Å². The molecule has 0 bridgehead atoms. The summed E-state index contributed by atoms with van der Waals surface area (Å²) in [6, 6.07) is 24.6. The Bertz CT molecular complexity index is 2140. The number of carbonyl (C=O) groups excluding carboxylic acids is 1. The van der Waals surface area contributed by atoms with E-state index in [-0.39, 0.29) is 41.3 Å². The summed E-state index contributed by atoms with van der Waals surface area (Å²) >= 11 is 0. The van der Waals surface area contributed by atoms with E-state index in [1.165, 1.54) is 12.8 Å². The van der Waals surface area contributed by atoms with Crippen molar-refractivity contribution in [3.05, 3.63) is 108 Å². The minimum absolute atomic E-state index is 0.0364. The Hall–Kier alpha value is -7.56. The molecule has 0 radical (unpaired) electrons. The molecule has 0 spiro atoms. The molecule has 0 amide bonds. The van der Waals surface area contributed by atoms with Gasteiger partial charge < -0.3 is 44.9 Å². The number of benzene rings is 3. The molecule has 4 aromatic rings. The van der Waals surface area contributed by atoms with Gasteiger partial charge in [-0.25, -0.2) is 14.4 Å². The van der Waals surface area contributed by atoms with Crippen molar-refractivity contribution in [3.63, 3.8) is 0 Å². The van der Waals surface area contributed by atoms with Crippen LogP contribution in [0.1, 0.15) is 143 Å². The highest BCUT2D eigenvalue weighted by Crippen LogP contribution is 2.37. The van der Waals surface area contributed by atoms with Crippen molar-refractivity contribution in [1.82, 2.24) is 0 Å². The average Bonchev–Trinajstić information content (AvgIpc) is 3.74. The summed E-state index contributed by atoms with van der Waals surface area (Å²) in [6.07, 6.45) is 15.7. The summed E-state index contributed by atoms with van der Waals surface area (Å²) in [5, 5.41) is 60.4. The minimum atomic E-state index is -1.34. The van der Waals surface area contributed by atoms with E-state index in [1.807, 2.05) is 24.3 Å². The summed E-state index contributed by atoms with van der Waals surface area (Å²) in [5.74, 6) is -7.86. The Balaban J connectivity index is 0.000000484. The molecule has 17 nitrogen and oxygen atoms in total. The summed E-state index contributed by atoms with van der Waals surface area (Å²) in [7, 11) is 0. The maximum atomic E-state index is 11.6. The lowest BCUT2D eigenvalue weighted by Gasteiger charge is -2.05. The molecule has 69 heavy (non-hydrogen) atoms. The van der Waals surface area contributed by atoms with E-state index < -0.39 is 47.7 Å². The third kappa shape index (κ3) is 26.4. The topological polar surface area (TPSA) is 301 Å². The molecule has 17 heteroatoms. The molecule has 0 aliphatic heterocycles. The van der Waals surface area contributed by atoms with Crippen LogP contribution in [0.3, 0.4) is 0 Å². The lowest BCUT2D eigenvalue weighted by molar-refractivity contribution is -0.153. The first kappa shape index (κ1) is 59.5. The zero-order valence-electron chi connectivity index (χ0n) is 39.0. The van der Waals surface area contributed by atoms with Gasteiger partial charge >= 0.3 is 41.8 Å². The van der Waals surface area contributed by atoms with Crippen LogP contribution in [-0.4, -0.2) is 89.9 Å². The number of hydrogen-bond donors (Lipinski definition) is 7. The first-order valence-corrected chi connectivity index (χ1v) is 22.7. The molecule has 0 fully saturated rings. The van der Waals surface area contributed by atoms with Crippen LogP contribution in [0, 0.1) is 5.92 Å². The molecular formula is C52H64O17. The lowest BCUT2D eigenvalue weighted by Crippen LogP contribution is -2.19. The minimum Gasteiger partial charge on any atom is -0.494 e. The highest BCUT2D eigenvalue weighted by Gasteiger charge is 2.31. The molecular weight excluding hydrogens is 897 g/mol. The van der Waals surface area contributed by atoms with E-state index in [0.717, 1.165) is 88.7 Å². The third-order valence-corrected chi connectivity index (χ3v) is 9.91. The monoisotopic (exact) mass is 960 g/mol. The fourth-order valence-corrected chi connectivity index (χ4v) is 6.12. The average molecular weight is 961 g/mol. The molecule has 0 aliphatic rings. The Kier molecular flexibility index (Phi) is 29.9. The third-order valence-electron chi connectivity index (χ3n) is 9.91. The van der Waals surface area contributed by atoms with Crippen molar-refractivity contribution in [2.24, 2.45) is 5.92 Å². The van der Waals surface area contributed by atoms with Gasteiger partial charge in [-0.2, -0.15) is 0 Å². The number of aliphatic carboxylic acids is 5. The molecule has 1 aromatic heterocycles. The number of furan rings is 1. The van der Waals surface area contributed by atoms with Crippen LogP contribution in [0.5, 0.6) is 5.75 Å². The van der Waals surface area contributed by atoms with E-state index in [9.17, 15) is 48.6 Å². The van der Waals surface area contributed by atoms with Gasteiger partial charge in [-0.15, -0.1) is 0 Å². The second-order valence-corrected chi connectivity index (χ2v) is 15.6. The van der Waals surface area contributed by atoms with Crippen molar-refractivity contribution in [2.75, 3.05) is 6.61 Å². The first-order valence-electron chi connectivity index (χ1n) is 22.7. The van der Waals surface area contributed by atoms with Crippen LogP contribution in [0.15, 0.2) is 95.4 Å². The Labute approximate surface area is 401 Å². The number of hydrogen-bond acceptors (Lipinski definition) is 10. The van der Waals surface area contributed by atoms with Gasteiger partial charge in [0.05, 0.1) is 6.61 Å². The molecule has 0 saturated heterocycles. The van der Waals surface area contributed by atoms with Crippen LogP contribution >= 0.6 is 0 Å². The number of carboxylic acid groups (broad SMARTS) is 7. The number of carbonyl (C=O) groups is 8. The van der Waals surface area contributed by atoms with Crippen LogP contribution < -0.4 is 4.74 Å². The fraction of sp³-hybridized carbons (Fsp3) is 0.385. The van der Waals surface area contributed by atoms with Crippen LogP contribution in [0.2, 0.25) is 0 Å². The lowest BCUT2D eigenvalue weighted by atomic mass is 10.0. The number of aromatic carboxylic acids is 2. The van der Waals surface area contributed by atoms with Crippen molar-refractivity contribution in [3.8, 4) is 28.4 Å². The van der Waals surface area contributed by atoms with Gasteiger partial charge in [0.25, 0.3) is 0 Å². The predicted octanol–water partition coefficient (Wildman–Crippen LogP) is 11.0. The standard InChI is InChI=1S/C18H12O5.C16H28O5.C14H18O3.C4H6O4/c19-17(20)13-14(18(21)22)16(12-9-5-2-6-10-12)23-15(13)11-7-3-1-4-8-11;17-14(11-7-5-9-13-16(20)21)10-6-3-1-2-4-8-12-15(18)19;1-2-3-4-11-17-13-8-5-12(6-9-13)7-10-14(15)16;1-2(3(5)6)4(7)8/h1-10H,(H,19,20)(H,21,22);1-13H2,(H,18,19)(H,20,21);5-10H,2-4,11H2,1H3,(H,15,16);2H,1H3,(H,5,6)(H,7,8). The molecule has 3 aromatic carbocycles. The normalized spacial score (nSPS) is 10.4. The summed E-state index contributed by atoms with van der Waals surface area (Å²) in [5.41, 5.74) is 1.18. The van der Waals surface area contributed by atoms with E-state index in [1.54, 1.807) is 66.7 Å². The van der Waals surface area contributed by atoms with Gasteiger partial charge in [0.15, 0.2) is 5.92 Å². The second kappa shape index (κ2) is 34.7. The second-order valence-electron chi connectivity index (χ2n) is 15.6. The van der Waals surface area contributed by atoms with Crippen LogP contribution in [0.25, 0.3) is 28.7 Å². The smallest absolute Gasteiger partial charge is 0.340 e. The van der Waals surface area contributed by atoms with Crippen molar-refractivity contribution < 1.29 is 83.3 Å². The Morgan fingerprint density at radius 2 is 0.928 bits per heavy atom. The first-order chi connectivity index (χ1) is 32.9. The highest BCUT2D eigenvalue weighted by atomic mass is 16.5. The zero-order valence-corrected chi connectivity index (χ0v) is 39.0. The van der Waals surface area contributed by atoms with Crippen LogP contribution in [-0.2, 0) is 28.8 Å². The van der Waals surface area contributed by atoms with Crippen molar-refractivity contribution >= 4 is 53.6 Å².